The molecule has 0 atom stereocenters. The number of hydrogen-bond acceptors (Lipinski definition) is 5. The van der Waals surface area contributed by atoms with Crippen LogP contribution in [0, 0.1) is 0 Å². The number of H-pyrrole nitrogens is 1. The van der Waals surface area contributed by atoms with Crippen LogP contribution in [0.15, 0.2) is 35.4 Å². The molecule has 0 unspecified atom stereocenters. The van der Waals surface area contributed by atoms with Gasteiger partial charge < -0.3 is 19.9 Å². The molecule has 176 valence electrons. The van der Waals surface area contributed by atoms with E-state index in [0.717, 1.165) is 22.4 Å². The van der Waals surface area contributed by atoms with Gasteiger partial charge in [-0.05, 0) is 41.3 Å². The number of hydrazone groups is 1. The highest BCUT2D eigenvalue weighted by Crippen LogP contribution is 2.39. The maximum atomic E-state index is 12.7. The summed E-state index contributed by atoms with van der Waals surface area (Å²) < 4.78 is 5.61. The van der Waals surface area contributed by atoms with E-state index in [1.54, 1.807) is 38.5 Å². The number of carbonyl (C=O) groups is 3. The first-order chi connectivity index (χ1) is 16.0. The van der Waals surface area contributed by atoms with Crippen molar-refractivity contribution in [2.45, 2.75) is 33.1 Å². The highest BCUT2D eigenvalue weighted by molar-refractivity contribution is 6.18. The van der Waals surface area contributed by atoms with Crippen molar-refractivity contribution in [1.29, 1.82) is 0 Å². The molecule has 0 saturated heterocycles. The Kier molecular flexibility index (Phi) is 5.64. The lowest BCUT2D eigenvalue weighted by molar-refractivity contribution is -0.114. The van der Waals surface area contributed by atoms with Gasteiger partial charge in [-0.1, -0.05) is 20.8 Å². The number of aromatic amines is 1. The van der Waals surface area contributed by atoms with E-state index in [9.17, 15) is 14.4 Å². The average Bonchev–Trinajstić information content (AvgIpc) is 3.01. The lowest BCUT2D eigenvalue weighted by Gasteiger charge is -2.24. The van der Waals surface area contributed by atoms with Gasteiger partial charge in [-0.3, -0.25) is 9.59 Å². The number of benzene rings is 2. The molecular weight excluding hydrogens is 434 g/mol. The van der Waals surface area contributed by atoms with E-state index in [1.165, 1.54) is 11.8 Å². The molecule has 1 aliphatic rings. The number of nitrogens with one attached hydrogen (secondary N) is 3. The van der Waals surface area contributed by atoms with Crippen molar-refractivity contribution >= 4 is 40.7 Å². The molecule has 1 aliphatic heterocycles. The van der Waals surface area contributed by atoms with E-state index in [2.05, 4.69) is 20.8 Å². The Morgan fingerprint density at radius 3 is 2.50 bits per heavy atom. The summed E-state index contributed by atoms with van der Waals surface area (Å²) in [4.78, 5) is 41.2. The second-order valence-electron chi connectivity index (χ2n) is 9.46. The van der Waals surface area contributed by atoms with E-state index >= 15 is 0 Å². The van der Waals surface area contributed by atoms with Crippen LogP contribution in [0.3, 0.4) is 0 Å². The molecule has 9 heteroatoms. The molecule has 0 fully saturated rings. The smallest absolute Gasteiger partial charge is 0.410 e. The van der Waals surface area contributed by atoms with Crippen molar-refractivity contribution in [2.24, 2.45) is 5.10 Å². The minimum atomic E-state index is -0.456. The average molecular weight is 462 g/mol. The Bertz CT molecular complexity index is 1360. The fourth-order valence-corrected chi connectivity index (χ4v) is 3.93. The SMILES string of the molecule is CC(=O)Nc1cc2c3c(c(-c4ccc(OC(=O)N(C)C)c(C(C)(C)C)c4)[nH]c3c1)C=NNC2=O. The molecule has 3 aromatic rings. The summed E-state index contributed by atoms with van der Waals surface area (Å²) in [6.07, 6.45) is 1.15. The zero-order valence-electron chi connectivity index (χ0n) is 20.0. The first-order valence-corrected chi connectivity index (χ1v) is 10.8. The Morgan fingerprint density at radius 2 is 1.85 bits per heavy atom. The molecule has 1 aromatic heterocycles. The molecule has 34 heavy (non-hydrogen) atoms. The van der Waals surface area contributed by atoms with E-state index in [4.69, 9.17) is 4.74 Å². The van der Waals surface area contributed by atoms with Crippen molar-refractivity contribution in [3.05, 3.63) is 47.0 Å². The second kappa shape index (κ2) is 8.33. The number of nitrogens with zero attached hydrogens (tertiary/aromatic N) is 2. The maximum absolute atomic E-state index is 12.7. The minimum absolute atomic E-state index is 0.235. The van der Waals surface area contributed by atoms with Gasteiger partial charge in [-0.15, -0.1) is 0 Å². The third-order valence-electron chi connectivity index (χ3n) is 5.50. The normalized spacial score (nSPS) is 12.8. The van der Waals surface area contributed by atoms with Crippen LogP contribution in [-0.4, -0.2) is 48.1 Å². The molecule has 3 N–H and O–H groups in total. The van der Waals surface area contributed by atoms with Crippen LogP contribution in [0.5, 0.6) is 5.75 Å². The molecule has 0 saturated carbocycles. The Hall–Kier alpha value is -4.14. The Morgan fingerprint density at radius 1 is 1.12 bits per heavy atom. The summed E-state index contributed by atoms with van der Waals surface area (Å²) in [6.45, 7) is 7.54. The van der Waals surface area contributed by atoms with E-state index in [0.29, 0.717) is 27.9 Å². The molecule has 0 aliphatic carbocycles. The summed E-state index contributed by atoms with van der Waals surface area (Å²) in [6, 6.07) is 9.03. The van der Waals surface area contributed by atoms with Crippen molar-refractivity contribution in [1.82, 2.24) is 15.3 Å². The molecule has 3 amide bonds. The van der Waals surface area contributed by atoms with Gasteiger partial charge in [0, 0.05) is 48.7 Å². The monoisotopic (exact) mass is 461 g/mol. The van der Waals surface area contributed by atoms with Gasteiger partial charge in [0.05, 0.1) is 17.5 Å². The molecule has 9 nitrogen and oxygen atoms in total. The van der Waals surface area contributed by atoms with Gasteiger partial charge >= 0.3 is 6.09 Å². The standard InChI is InChI=1S/C25H27N5O4/c1-13(31)27-15-10-16-21-17(12-26-29-23(16)32)22(28-19(21)11-15)14-7-8-20(34-24(33)30(5)6)18(9-14)25(2,3)4/h7-12,28H,1-6H3,(H,27,31)(H,29,32). The van der Waals surface area contributed by atoms with Crippen LogP contribution in [-0.2, 0) is 10.2 Å². The maximum Gasteiger partial charge on any atom is 0.414 e. The van der Waals surface area contributed by atoms with Gasteiger partial charge in [0.25, 0.3) is 5.91 Å². The lowest BCUT2D eigenvalue weighted by Crippen LogP contribution is -2.26. The van der Waals surface area contributed by atoms with Crippen molar-refractivity contribution in [3.8, 4) is 17.0 Å². The Labute approximate surface area is 197 Å². The number of amides is 3. The van der Waals surface area contributed by atoms with Crippen LogP contribution in [0.25, 0.3) is 22.2 Å². The largest absolute Gasteiger partial charge is 0.414 e. The second-order valence-corrected chi connectivity index (χ2v) is 9.46. The number of carbonyl (C=O) groups excluding carboxylic acids is 3. The third kappa shape index (κ3) is 4.24. The quantitative estimate of drug-likeness (QED) is 0.541. The molecular formula is C25H27N5O4. The number of anilines is 1. The van der Waals surface area contributed by atoms with Gasteiger partial charge in [0.15, 0.2) is 0 Å². The van der Waals surface area contributed by atoms with Gasteiger partial charge in [-0.25, -0.2) is 10.2 Å². The predicted octanol–water partition coefficient (Wildman–Crippen LogP) is 4.23. The van der Waals surface area contributed by atoms with E-state index in [1.807, 2.05) is 32.9 Å². The first kappa shape index (κ1) is 23.0. The van der Waals surface area contributed by atoms with E-state index < -0.39 is 6.09 Å². The highest BCUT2D eigenvalue weighted by Gasteiger charge is 2.25. The molecule has 2 heterocycles. The summed E-state index contributed by atoms with van der Waals surface area (Å²) in [7, 11) is 3.26. The zero-order chi connectivity index (χ0) is 24.8. The van der Waals surface area contributed by atoms with Gasteiger partial charge in [0.1, 0.15) is 5.75 Å². The van der Waals surface area contributed by atoms with Gasteiger partial charge in [0.2, 0.25) is 5.91 Å². The number of hydrogen-bond donors (Lipinski definition) is 3. The van der Waals surface area contributed by atoms with E-state index in [-0.39, 0.29) is 17.2 Å². The van der Waals surface area contributed by atoms with Crippen molar-refractivity contribution < 1.29 is 19.1 Å². The highest BCUT2D eigenvalue weighted by atomic mass is 16.6. The molecule has 2 aromatic carbocycles. The minimum Gasteiger partial charge on any atom is -0.410 e. The van der Waals surface area contributed by atoms with Crippen LogP contribution < -0.4 is 15.5 Å². The number of rotatable bonds is 3. The zero-order valence-corrected chi connectivity index (χ0v) is 20.0. The first-order valence-electron chi connectivity index (χ1n) is 10.8. The number of aromatic nitrogens is 1. The summed E-state index contributed by atoms with van der Waals surface area (Å²) in [5.74, 6) is -0.114. The fourth-order valence-electron chi connectivity index (χ4n) is 3.93. The number of ether oxygens (including phenoxy) is 1. The van der Waals surface area contributed by atoms with Crippen LogP contribution in [0.4, 0.5) is 10.5 Å². The molecule has 0 radical (unpaired) electrons. The Balaban J connectivity index is 1.92. The molecule has 0 spiro atoms. The van der Waals surface area contributed by atoms with Gasteiger partial charge in [-0.2, -0.15) is 5.10 Å². The van der Waals surface area contributed by atoms with Crippen molar-refractivity contribution in [3.63, 3.8) is 0 Å². The summed E-state index contributed by atoms with van der Waals surface area (Å²) in [5, 5.41) is 7.53. The lowest BCUT2D eigenvalue weighted by atomic mass is 9.85. The summed E-state index contributed by atoms with van der Waals surface area (Å²) >= 11 is 0. The molecule has 0 bridgehead atoms. The van der Waals surface area contributed by atoms with Crippen LogP contribution in [0.2, 0.25) is 0 Å². The topological polar surface area (TPSA) is 116 Å². The fraction of sp³-hybridized carbons (Fsp3) is 0.280. The predicted molar refractivity (Wildman–Crippen MR) is 132 cm³/mol. The third-order valence-corrected chi connectivity index (χ3v) is 5.50. The molecule has 4 rings (SSSR count). The van der Waals surface area contributed by atoms with Crippen LogP contribution >= 0.6 is 0 Å². The van der Waals surface area contributed by atoms with Crippen LogP contribution in [0.1, 0.15) is 49.2 Å². The summed E-state index contributed by atoms with van der Waals surface area (Å²) in [5.41, 5.74) is 7.00. The van der Waals surface area contributed by atoms with Crippen molar-refractivity contribution in [2.75, 3.05) is 19.4 Å².